The number of urea groups is 1. The number of benzene rings is 1. The first-order chi connectivity index (χ1) is 12.1. The van der Waals surface area contributed by atoms with Crippen molar-refractivity contribution >= 4 is 11.7 Å². The Kier molecular flexibility index (Phi) is 5.97. The Labute approximate surface area is 150 Å². The molecule has 1 heterocycles. The molecule has 1 aliphatic heterocycles. The predicted octanol–water partition coefficient (Wildman–Crippen LogP) is 2.66. The summed E-state index contributed by atoms with van der Waals surface area (Å²) >= 11 is 0. The molecular formula is C20H29N3O2. The number of nitrogens with one attached hydrogen (secondary N) is 2. The number of carbonyl (C=O) groups excluding carboxylic acids is 1. The zero-order valence-corrected chi connectivity index (χ0v) is 14.9. The van der Waals surface area contributed by atoms with Gasteiger partial charge in [0.15, 0.2) is 0 Å². The van der Waals surface area contributed by atoms with Gasteiger partial charge in [-0.15, -0.1) is 0 Å². The van der Waals surface area contributed by atoms with Crippen molar-refractivity contribution < 1.29 is 9.90 Å². The summed E-state index contributed by atoms with van der Waals surface area (Å²) in [5, 5.41) is 14.9. The number of hydrogen-bond acceptors (Lipinski definition) is 3. The fourth-order valence-corrected chi connectivity index (χ4v) is 3.51. The van der Waals surface area contributed by atoms with Crippen LogP contribution in [-0.4, -0.2) is 36.9 Å². The van der Waals surface area contributed by atoms with Crippen LogP contribution in [0.4, 0.5) is 10.5 Å². The highest BCUT2D eigenvalue weighted by Crippen LogP contribution is 2.23. The molecule has 2 aliphatic rings. The van der Waals surface area contributed by atoms with Crippen LogP contribution < -0.4 is 15.5 Å². The van der Waals surface area contributed by atoms with Gasteiger partial charge in [0, 0.05) is 43.9 Å². The van der Waals surface area contributed by atoms with Crippen molar-refractivity contribution in [2.24, 2.45) is 11.8 Å². The Bertz CT molecular complexity index is 591. The molecule has 2 atom stereocenters. The van der Waals surface area contributed by atoms with E-state index in [2.05, 4.69) is 46.7 Å². The first-order valence-corrected chi connectivity index (χ1v) is 9.31. The lowest BCUT2D eigenvalue weighted by Gasteiger charge is -2.32. The highest BCUT2D eigenvalue weighted by molar-refractivity contribution is 5.74. The van der Waals surface area contributed by atoms with Gasteiger partial charge < -0.3 is 20.6 Å². The Hall–Kier alpha value is -2.01. The number of amides is 2. The van der Waals surface area contributed by atoms with Crippen LogP contribution in [0.2, 0.25) is 0 Å². The van der Waals surface area contributed by atoms with E-state index in [9.17, 15) is 4.79 Å². The van der Waals surface area contributed by atoms with E-state index in [1.807, 2.05) is 12.2 Å². The Morgan fingerprint density at radius 2 is 1.92 bits per heavy atom. The maximum atomic E-state index is 12.0. The molecule has 25 heavy (non-hydrogen) atoms. The summed E-state index contributed by atoms with van der Waals surface area (Å²) in [6, 6.07) is 8.33. The van der Waals surface area contributed by atoms with E-state index in [-0.39, 0.29) is 24.6 Å². The highest BCUT2D eigenvalue weighted by Gasteiger charge is 2.19. The van der Waals surface area contributed by atoms with E-state index < -0.39 is 0 Å². The van der Waals surface area contributed by atoms with E-state index in [0.29, 0.717) is 6.54 Å². The lowest BCUT2D eigenvalue weighted by Crippen LogP contribution is -2.40. The van der Waals surface area contributed by atoms with E-state index in [0.717, 1.165) is 31.0 Å². The van der Waals surface area contributed by atoms with E-state index in [4.69, 9.17) is 5.11 Å². The first-order valence-electron chi connectivity index (χ1n) is 9.31. The van der Waals surface area contributed by atoms with Gasteiger partial charge in [0.25, 0.3) is 0 Å². The molecule has 3 rings (SSSR count). The van der Waals surface area contributed by atoms with Crippen molar-refractivity contribution in [2.75, 3.05) is 24.6 Å². The summed E-state index contributed by atoms with van der Waals surface area (Å²) in [4.78, 5) is 14.4. The third-order valence-electron chi connectivity index (χ3n) is 5.26. The largest absolute Gasteiger partial charge is 0.396 e. The van der Waals surface area contributed by atoms with Gasteiger partial charge in [-0.1, -0.05) is 31.2 Å². The molecule has 136 valence electrons. The maximum Gasteiger partial charge on any atom is 0.315 e. The second kappa shape index (κ2) is 8.39. The third-order valence-corrected chi connectivity index (χ3v) is 5.26. The molecule has 0 bridgehead atoms. The van der Waals surface area contributed by atoms with Crippen molar-refractivity contribution in [3.05, 3.63) is 42.0 Å². The summed E-state index contributed by atoms with van der Waals surface area (Å²) in [6.45, 7) is 5.24. The maximum absolute atomic E-state index is 12.0. The number of rotatable bonds is 5. The molecule has 0 aromatic heterocycles. The van der Waals surface area contributed by atoms with Crippen molar-refractivity contribution in [1.82, 2.24) is 10.6 Å². The van der Waals surface area contributed by atoms with Crippen molar-refractivity contribution in [3.63, 3.8) is 0 Å². The highest BCUT2D eigenvalue weighted by atomic mass is 16.3. The van der Waals surface area contributed by atoms with E-state index in [1.165, 1.54) is 18.5 Å². The molecule has 5 nitrogen and oxygen atoms in total. The monoisotopic (exact) mass is 343 g/mol. The summed E-state index contributed by atoms with van der Waals surface area (Å²) in [7, 11) is 0. The fraction of sp³-hybridized carbons (Fsp3) is 0.550. The van der Waals surface area contributed by atoms with Crippen molar-refractivity contribution in [3.8, 4) is 0 Å². The van der Waals surface area contributed by atoms with Crippen LogP contribution in [0, 0.1) is 11.8 Å². The van der Waals surface area contributed by atoms with Gasteiger partial charge in [-0.25, -0.2) is 4.79 Å². The average molecular weight is 343 g/mol. The second-order valence-corrected chi connectivity index (χ2v) is 7.33. The first kappa shape index (κ1) is 17.8. The number of aliphatic hydroxyl groups is 1. The second-order valence-electron chi connectivity index (χ2n) is 7.33. The third kappa shape index (κ3) is 4.98. The van der Waals surface area contributed by atoms with Gasteiger partial charge in [-0.3, -0.25) is 0 Å². The molecule has 1 fully saturated rings. The van der Waals surface area contributed by atoms with Crippen LogP contribution in [-0.2, 0) is 6.54 Å². The standard InChI is InChI=1S/C20H29N3O2/c1-15-8-10-23(11-9-15)19-6-3-16(4-7-19)13-21-20(25)22-18-5-2-17(12-18)14-24/h2-7,15,17-18,24H,8-14H2,1H3,(H2,21,22,25)/t17-,18+/m0/s1. The van der Waals surface area contributed by atoms with Crippen molar-refractivity contribution in [2.45, 2.75) is 38.8 Å². The van der Waals surface area contributed by atoms with Gasteiger partial charge in [0.05, 0.1) is 0 Å². The number of aliphatic hydroxyl groups excluding tert-OH is 1. The van der Waals surface area contributed by atoms with Crippen LogP contribution in [0.15, 0.2) is 36.4 Å². The van der Waals surface area contributed by atoms with Gasteiger partial charge in [0.2, 0.25) is 0 Å². The van der Waals surface area contributed by atoms with Gasteiger partial charge >= 0.3 is 6.03 Å². The van der Waals surface area contributed by atoms with Crippen LogP contribution in [0.1, 0.15) is 31.7 Å². The summed E-state index contributed by atoms with van der Waals surface area (Å²) < 4.78 is 0. The average Bonchev–Trinajstić information content (AvgIpc) is 3.09. The quantitative estimate of drug-likeness (QED) is 0.720. The molecule has 1 aromatic carbocycles. The lowest BCUT2D eigenvalue weighted by molar-refractivity contribution is 0.231. The summed E-state index contributed by atoms with van der Waals surface area (Å²) in [6.07, 6.45) is 7.21. The number of nitrogens with zero attached hydrogens (tertiary/aromatic N) is 1. The number of hydrogen-bond donors (Lipinski definition) is 3. The molecule has 1 saturated heterocycles. The normalized spacial score (nSPS) is 23.7. The summed E-state index contributed by atoms with van der Waals surface area (Å²) in [5.74, 6) is 0.997. The topological polar surface area (TPSA) is 64.6 Å². The van der Waals surface area contributed by atoms with Crippen LogP contribution in [0.3, 0.4) is 0 Å². The van der Waals surface area contributed by atoms with Gasteiger partial charge in [-0.2, -0.15) is 0 Å². The van der Waals surface area contributed by atoms with E-state index in [1.54, 1.807) is 0 Å². The minimum atomic E-state index is -0.165. The Balaban J connectivity index is 1.42. The number of piperidine rings is 1. The minimum Gasteiger partial charge on any atom is -0.396 e. The van der Waals surface area contributed by atoms with Crippen molar-refractivity contribution in [1.29, 1.82) is 0 Å². The smallest absolute Gasteiger partial charge is 0.315 e. The Morgan fingerprint density at radius 1 is 1.20 bits per heavy atom. The Morgan fingerprint density at radius 3 is 2.56 bits per heavy atom. The lowest BCUT2D eigenvalue weighted by atomic mass is 9.99. The molecule has 0 saturated carbocycles. The van der Waals surface area contributed by atoms with Crippen LogP contribution >= 0.6 is 0 Å². The number of anilines is 1. The SMILES string of the molecule is CC1CCN(c2ccc(CNC(=O)N[C@@H]3C=C[C@H](CO)C3)cc2)CC1. The van der Waals surface area contributed by atoms with Gasteiger partial charge in [-0.05, 0) is 42.9 Å². The predicted molar refractivity (Wildman–Crippen MR) is 101 cm³/mol. The molecule has 1 aliphatic carbocycles. The molecule has 0 spiro atoms. The number of carbonyl (C=O) groups is 1. The molecular weight excluding hydrogens is 314 g/mol. The zero-order chi connectivity index (χ0) is 17.6. The molecule has 0 radical (unpaired) electrons. The molecule has 5 heteroatoms. The van der Waals surface area contributed by atoms with Crippen LogP contribution in [0.5, 0.6) is 0 Å². The molecule has 3 N–H and O–H groups in total. The summed E-state index contributed by atoms with van der Waals surface area (Å²) in [5.41, 5.74) is 2.37. The molecule has 0 unspecified atom stereocenters. The molecule has 2 amide bonds. The van der Waals surface area contributed by atoms with Gasteiger partial charge in [0.1, 0.15) is 0 Å². The fourth-order valence-electron chi connectivity index (χ4n) is 3.51. The van der Waals surface area contributed by atoms with Crippen LogP contribution in [0.25, 0.3) is 0 Å². The van der Waals surface area contributed by atoms with E-state index >= 15 is 0 Å². The molecule has 1 aromatic rings. The minimum absolute atomic E-state index is 0.0148. The zero-order valence-electron chi connectivity index (χ0n) is 14.9.